The van der Waals surface area contributed by atoms with E-state index in [0.29, 0.717) is 56.7 Å². The molecule has 2 saturated heterocycles. The number of carbonyl (C=O) groups excluding carboxylic acids is 1. The molecule has 0 aliphatic carbocycles. The Morgan fingerprint density at radius 3 is 2.57 bits per heavy atom. The maximum Gasteiger partial charge on any atom is 0.286 e. The lowest BCUT2D eigenvalue weighted by atomic mass is 10.0. The van der Waals surface area contributed by atoms with Crippen LogP contribution in [0.25, 0.3) is 11.3 Å². The van der Waals surface area contributed by atoms with Crippen LogP contribution in [0.2, 0.25) is 0 Å². The third-order valence-electron chi connectivity index (χ3n) is 6.42. The van der Waals surface area contributed by atoms with E-state index in [9.17, 15) is 18.7 Å². The third-order valence-corrected chi connectivity index (χ3v) is 6.42. The molecule has 1 amide bonds. The summed E-state index contributed by atoms with van der Waals surface area (Å²) in [5, 5.41) is 12.6. The van der Waals surface area contributed by atoms with Gasteiger partial charge < -0.3 is 25.0 Å². The van der Waals surface area contributed by atoms with Crippen LogP contribution in [0.4, 0.5) is 26.2 Å². The number of aliphatic hydroxyl groups is 1. The van der Waals surface area contributed by atoms with Gasteiger partial charge in [-0.15, -0.1) is 0 Å². The number of alkyl halides is 2. The summed E-state index contributed by atoms with van der Waals surface area (Å²) in [6.07, 6.45) is 0.797. The van der Waals surface area contributed by atoms with Gasteiger partial charge in [0.1, 0.15) is 11.5 Å². The maximum absolute atomic E-state index is 13.7. The molecule has 0 saturated carbocycles. The zero-order valence-electron chi connectivity index (χ0n) is 20.6. The van der Waals surface area contributed by atoms with E-state index in [1.165, 1.54) is 12.3 Å². The lowest BCUT2D eigenvalue weighted by Gasteiger charge is -2.37. The number of nitrogens with zero attached hydrogens (tertiary/aromatic N) is 5. The quantitative estimate of drug-likeness (QED) is 0.521. The fourth-order valence-corrected chi connectivity index (χ4v) is 4.27. The first-order valence-corrected chi connectivity index (χ1v) is 12.1. The molecule has 194 valence electrons. The first-order chi connectivity index (χ1) is 17.7. The standard InChI is InChI=1S/C26H28F2N6O3/c1-16-3-4-18(30-24(36)17-5-6-29-22(11-17)26(2,27)28)12-20(16)21-13-23(33-7-9-37-10-8-33)32-25(31-21)34-14-19(35)15-34/h3-6,11-13,19,35H,7-10,14-15H2,1-2H3,(H,30,36). The molecule has 0 spiro atoms. The number of anilines is 3. The van der Waals surface area contributed by atoms with Crippen molar-refractivity contribution in [3.05, 3.63) is 59.4 Å². The summed E-state index contributed by atoms with van der Waals surface area (Å²) in [6, 6.07) is 9.84. The molecule has 1 aromatic carbocycles. The van der Waals surface area contributed by atoms with Gasteiger partial charge in [-0.25, -0.2) is 4.98 Å². The highest BCUT2D eigenvalue weighted by atomic mass is 19.3. The van der Waals surface area contributed by atoms with Crippen molar-refractivity contribution in [1.82, 2.24) is 15.0 Å². The Balaban J connectivity index is 1.46. The Bertz CT molecular complexity index is 1300. The zero-order chi connectivity index (χ0) is 26.2. The topological polar surface area (TPSA) is 104 Å². The van der Waals surface area contributed by atoms with Crippen LogP contribution in [0, 0.1) is 6.92 Å². The molecule has 2 aromatic heterocycles. The summed E-state index contributed by atoms with van der Waals surface area (Å²) in [6.45, 7) is 6.25. The minimum Gasteiger partial charge on any atom is -0.389 e. The van der Waals surface area contributed by atoms with Crippen LogP contribution in [0.1, 0.15) is 28.5 Å². The van der Waals surface area contributed by atoms with Gasteiger partial charge in [-0.05, 0) is 36.8 Å². The Hall–Kier alpha value is -3.70. The number of aromatic nitrogens is 3. The van der Waals surface area contributed by atoms with Crippen LogP contribution < -0.4 is 15.1 Å². The number of hydrogen-bond donors (Lipinski definition) is 2. The number of hydrogen-bond acceptors (Lipinski definition) is 8. The second-order valence-corrected chi connectivity index (χ2v) is 9.37. The molecular formula is C26H28F2N6O3. The van der Waals surface area contributed by atoms with E-state index in [-0.39, 0.29) is 5.56 Å². The predicted octanol–water partition coefficient (Wildman–Crippen LogP) is 3.23. The van der Waals surface area contributed by atoms with Crippen LogP contribution in [0.3, 0.4) is 0 Å². The normalized spacial score (nSPS) is 16.5. The Morgan fingerprint density at radius 2 is 1.86 bits per heavy atom. The predicted molar refractivity (Wildman–Crippen MR) is 135 cm³/mol. The van der Waals surface area contributed by atoms with E-state index in [4.69, 9.17) is 14.7 Å². The number of ether oxygens (including phenoxy) is 1. The monoisotopic (exact) mass is 510 g/mol. The molecule has 37 heavy (non-hydrogen) atoms. The maximum atomic E-state index is 13.7. The number of nitrogens with one attached hydrogen (secondary N) is 1. The van der Waals surface area contributed by atoms with Gasteiger partial charge in [0.15, 0.2) is 0 Å². The average molecular weight is 511 g/mol. The fourth-order valence-electron chi connectivity index (χ4n) is 4.27. The molecule has 2 aliphatic heterocycles. The summed E-state index contributed by atoms with van der Waals surface area (Å²) < 4.78 is 32.8. The molecule has 0 atom stereocenters. The number of β-amino-alcohol motifs (C(OH)–C–C–N with tert-alkyl or cyclic N) is 1. The van der Waals surface area contributed by atoms with Crippen molar-refractivity contribution in [3.63, 3.8) is 0 Å². The van der Waals surface area contributed by atoms with Gasteiger partial charge in [-0.3, -0.25) is 9.78 Å². The van der Waals surface area contributed by atoms with Crippen LogP contribution in [0.5, 0.6) is 0 Å². The first-order valence-electron chi connectivity index (χ1n) is 12.1. The molecule has 0 unspecified atom stereocenters. The molecule has 3 aromatic rings. The van der Waals surface area contributed by atoms with Crippen molar-refractivity contribution in [2.24, 2.45) is 0 Å². The Labute approximate surface area is 213 Å². The highest BCUT2D eigenvalue weighted by Crippen LogP contribution is 2.31. The van der Waals surface area contributed by atoms with E-state index in [2.05, 4.69) is 15.2 Å². The molecule has 0 bridgehead atoms. The fraction of sp³-hybridized carbons (Fsp3) is 0.385. The van der Waals surface area contributed by atoms with Gasteiger partial charge in [0.25, 0.3) is 11.8 Å². The number of halogens is 2. The van der Waals surface area contributed by atoms with Crippen molar-refractivity contribution in [2.45, 2.75) is 25.9 Å². The summed E-state index contributed by atoms with van der Waals surface area (Å²) in [4.78, 5) is 30.1. The van der Waals surface area contributed by atoms with Gasteiger partial charge >= 0.3 is 0 Å². The van der Waals surface area contributed by atoms with Crippen LogP contribution >= 0.6 is 0 Å². The molecule has 2 N–H and O–H groups in total. The second-order valence-electron chi connectivity index (χ2n) is 9.37. The van der Waals surface area contributed by atoms with E-state index < -0.39 is 23.6 Å². The average Bonchev–Trinajstić information content (AvgIpc) is 2.87. The number of pyridine rings is 1. The molecule has 0 radical (unpaired) electrons. The number of amides is 1. The van der Waals surface area contributed by atoms with Crippen molar-refractivity contribution in [2.75, 3.05) is 54.5 Å². The third kappa shape index (κ3) is 5.52. The van der Waals surface area contributed by atoms with Gasteiger partial charge in [0.05, 0.1) is 25.0 Å². The number of carbonyl (C=O) groups is 1. The Morgan fingerprint density at radius 1 is 1.11 bits per heavy atom. The minimum atomic E-state index is -3.15. The lowest BCUT2D eigenvalue weighted by molar-refractivity contribution is 0.0127. The van der Waals surface area contributed by atoms with E-state index in [0.717, 1.165) is 29.9 Å². The van der Waals surface area contributed by atoms with Crippen LogP contribution in [-0.4, -0.2) is 71.5 Å². The highest BCUT2D eigenvalue weighted by molar-refractivity contribution is 6.04. The number of aryl methyl sites for hydroxylation is 1. The summed E-state index contributed by atoms with van der Waals surface area (Å²) in [5.41, 5.74) is 2.54. The van der Waals surface area contributed by atoms with E-state index in [1.807, 2.05) is 30.0 Å². The van der Waals surface area contributed by atoms with Crippen molar-refractivity contribution >= 4 is 23.4 Å². The number of rotatable bonds is 6. The smallest absolute Gasteiger partial charge is 0.286 e. The van der Waals surface area contributed by atoms with Crippen LogP contribution in [0.15, 0.2) is 42.6 Å². The number of morpholine rings is 1. The van der Waals surface area contributed by atoms with Crippen molar-refractivity contribution in [3.8, 4) is 11.3 Å². The number of benzene rings is 1. The Kier molecular flexibility index (Phi) is 6.74. The van der Waals surface area contributed by atoms with Gasteiger partial charge in [0, 0.05) is 62.2 Å². The van der Waals surface area contributed by atoms with Gasteiger partial charge in [0.2, 0.25) is 5.95 Å². The summed E-state index contributed by atoms with van der Waals surface area (Å²) >= 11 is 0. The van der Waals surface area contributed by atoms with Crippen LogP contribution in [-0.2, 0) is 10.7 Å². The molecular weight excluding hydrogens is 482 g/mol. The van der Waals surface area contributed by atoms with Gasteiger partial charge in [-0.2, -0.15) is 13.8 Å². The number of aliphatic hydroxyl groups excluding tert-OH is 1. The summed E-state index contributed by atoms with van der Waals surface area (Å²) in [5.74, 6) is -2.37. The van der Waals surface area contributed by atoms with E-state index >= 15 is 0 Å². The van der Waals surface area contributed by atoms with Crippen molar-refractivity contribution in [1.29, 1.82) is 0 Å². The minimum absolute atomic E-state index is 0.0870. The largest absolute Gasteiger partial charge is 0.389 e. The zero-order valence-corrected chi connectivity index (χ0v) is 20.6. The molecule has 2 aliphatic rings. The molecule has 9 nitrogen and oxygen atoms in total. The lowest BCUT2D eigenvalue weighted by Crippen LogP contribution is -2.51. The molecule has 5 rings (SSSR count). The first kappa shape index (κ1) is 25.0. The molecule has 2 fully saturated rings. The van der Waals surface area contributed by atoms with Gasteiger partial charge in [-0.1, -0.05) is 6.07 Å². The molecule has 4 heterocycles. The highest BCUT2D eigenvalue weighted by Gasteiger charge is 2.29. The summed E-state index contributed by atoms with van der Waals surface area (Å²) in [7, 11) is 0. The van der Waals surface area contributed by atoms with E-state index in [1.54, 1.807) is 6.07 Å². The SMILES string of the molecule is Cc1ccc(NC(=O)c2ccnc(C(C)(F)F)c2)cc1-c1cc(N2CCOCC2)nc(N2CC(O)C2)n1. The molecule has 11 heteroatoms. The second kappa shape index (κ2) is 9.98. The van der Waals surface area contributed by atoms with Crippen molar-refractivity contribution < 1.29 is 23.4 Å².